The van der Waals surface area contributed by atoms with E-state index < -0.39 is 22.5 Å². The van der Waals surface area contributed by atoms with Gasteiger partial charge < -0.3 is 9.84 Å². The van der Waals surface area contributed by atoms with Crippen molar-refractivity contribution in [3.05, 3.63) is 53.1 Å². The summed E-state index contributed by atoms with van der Waals surface area (Å²) in [5.41, 5.74) is 0.804. The van der Waals surface area contributed by atoms with Gasteiger partial charge in [0.05, 0.1) is 17.7 Å². The number of ether oxygens (including phenoxy) is 1. The Kier molecular flexibility index (Phi) is 5.36. The first kappa shape index (κ1) is 18.1. The van der Waals surface area contributed by atoms with Crippen LogP contribution in [-0.2, 0) is 14.8 Å². The summed E-state index contributed by atoms with van der Waals surface area (Å²) in [5.74, 6) is -0.731. The van der Waals surface area contributed by atoms with Crippen molar-refractivity contribution in [3.8, 4) is 5.75 Å². The number of carbonyl (C=O) groups is 1. The second-order valence-electron chi connectivity index (χ2n) is 5.02. The molecule has 0 heterocycles. The Balaban J connectivity index is 2.55. The summed E-state index contributed by atoms with van der Waals surface area (Å²) >= 11 is 5.90. The molecular weight excluding hydrogens is 354 g/mol. The predicted octanol–water partition coefficient (Wildman–Crippen LogP) is 2.94. The van der Waals surface area contributed by atoms with Crippen LogP contribution in [0.1, 0.15) is 5.56 Å². The van der Waals surface area contributed by atoms with E-state index in [9.17, 15) is 13.2 Å². The van der Waals surface area contributed by atoms with Crippen molar-refractivity contribution in [2.24, 2.45) is 0 Å². The molecule has 8 heteroatoms. The number of hydrogen-bond acceptors (Lipinski definition) is 4. The molecule has 2 aromatic carbocycles. The third-order valence-corrected chi connectivity index (χ3v) is 5.33. The van der Waals surface area contributed by atoms with Crippen molar-refractivity contribution in [2.75, 3.05) is 18.0 Å². The standard InChI is InChI=1S/C16H16ClNO5S/c1-11-8-14(6-7-15(11)23-2)24(21,22)18(10-16(19)20)13-5-3-4-12(17)9-13/h3-9H,10H2,1-2H3,(H,19,20). The first-order chi connectivity index (χ1) is 11.3. The van der Waals surface area contributed by atoms with Gasteiger partial charge in [0, 0.05) is 5.02 Å². The molecule has 24 heavy (non-hydrogen) atoms. The number of hydrogen-bond donors (Lipinski definition) is 1. The van der Waals surface area contributed by atoms with Crippen molar-refractivity contribution in [1.29, 1.82) is 0 Å². The van der Waals surface area contributed by atoms with Crippen molar-refractivity contribution in [1.82, 2.24) is 0 Å². The quantitative estimate of drug-likeness (QED) is 0.846. The van der Waals surface area contributed by atoms with Crippen LogP contribution in [0.5, 0.6) is 5.75 Å². The maximum absolute atomic E-state index is 12.9. The van der Waals surface area contributed by atoms with Crippen LogP contribution in [0.25, 0.3) is 0 Å². The molecule has 2 rings (SSSR count). The molecule has 0 unspecified atom stereocenters. The fraction of sp³-hybridized carbons (Fsp3) is 0.188. The highest BCUT2D eigenvalue weighted by Crippen LogP contribution is 2.28. The summed E-state index contributed by atoms with van der Waals surface area (Å²) in [6, 6.07) is 10.4. The molecule has 0 aliphatic heterocycles. The van der Waals surface area contributed by atoms with Crippen LogP contribution in [0, 0.1) is 6.92 Å². The summed E-state index contributed by atoms with van der Waals surface area (Å²) in [6.45, 7) is 0.993. The van der Waals surface area contributed by atoms with Gasteiger partial charge in [-0.05, 0) is 48.9 Å². The van der Waals surface area contributed by atoms with E-state index in [0.29, 0.717) is 16.3 Å². The van der Waals surface area contributed by atoms with Gasteiger partial charge in [-0.1, -0.05) is 17.7 Å². The van der Waals surface area contributed by atoms with E-state index in [2.05, 4.69) is 0 Å². The molecule has 0 spiro atoms. The number of sulfonamides is 1. The van der Waals surface area contributed by atoms with Crippen LogP contribution < -0.4 is 9.04 Å². The number of benzene rings is 2. The third kappa shape index (κ3) is 3.80. The minimum atomic E-state index is -4.08. The first-order valence-electron chi connectivity index (χ1n) is 6.90. The zero-order valence-corrected chi connectivity index (χ0v) is 14.6. The Morgan fingerprint density at radius 1 is 1.25 bits per heavy atom. The van der Waals surface area contributed by atoms with Crippen LogP contribution in [0.3, 0.4) is 0 Å². The van der Waals surface area contributed by atoms with Crippen molar-refractivity contribution in [3.63, 3.8) is 0 Å². The second kappa shape index (κ2) is 7.11. The largest absolute Gasteiger partial charge is 0.496 e. The average molecular weight is 370 g/mol. The van der Waals surface area contributed by atoms with Gasteiger partial charge in [-0.15, -0.1) is 0 Å². The Morgan fingerprint density at radius 3 is 2.50 bits per heavy atom. The molecule has 0 saturated heterocycles. The Labute approximate surface area is 145 Å². The number of carboxylic acids is 1. The number of halogens is 1. The van der Waals surface area contributed by atoms with Gasteiger partial charge in [-0.25, -0.2) is 8.42 Å². The molecule has 0 aliphatic carbocycles. The molecular formula is C16H16ClNO5S. The van der Waals surface area contributed by atoms with Crippen LogP contribution in [0.15, 0.2) is 47.4 Å². The molecule has 1 N–H and O–H groups in total. The monoisotopic (exact) mass is 369 g/mol. The maximum Gasteiger partial charge on any atom is 0.324 e. The molecule has 0 saturated carbocycles. The number of rotatable bonds is 6. The van der Waals surface area contributed by atoms with Gasteiger partial charge in [-0.2, -0.15) is 0 Å². The summed E-state index contributed by atoms with van der Waals surface area (Å²) < 4.78 is 31.7. The lowest BCUT2D eigenvalue weighted by Gasteiger charge is -2.23. The molecule has 0 bridgehead atoms. The minimum absolute atomic E-state index is 0.0259. The van der Waals surface area contributed by atoms with Crippen LogP contribution in [-0.4, -0.2) is 33.1 Å². The van der Waals surface area contributed by atoms with Gasteiger partial charge in [0.1, 0.15) is 12.3 Å². The Morgan fingerprint density at radius 2 is 1.96 bits per heavy atom. The van der Waals surface area contributed by atoms with Crippen LogP contribution >= 0.6 is 11.6 Å². The summed E-state index contributed by atoms with van der Waals surface area (Å²) in [6.07, 6.45) is 0. The fourth-order valence-electron chi connectivity index (χ4n) is 2.21. The lowest BCUT2D eigenvalue weighted by Crippen LogP contribution is -2.35. The highest BCUT2D eigenvalue weighted by atomic mass is 35.5. The predicted molar refractivity (Wildman–Crippen MR) is 91.4 cm³/mol. The van der Waals surface area contributed by atoms with Gasteiger partial charge in [0.15, 0.2) is 0 Å². The first-order valence-corrected chi connectivity index (χ1v) is 8.72. The van der Waals surface area contributed by atoms with E-state index in [0.717, 1.165) is 4.31 Å². The Bertz CT molecular complexity index is 867. The fourth-order valence-corrected chi connectivity index (χ4v) is 3.88. The van der Waals surface area contributed by atoms with Gasteiger partial charge in [-0.3, -0.25) is 9.10 Å². The molecule has 6 nitrogen and oxygen atoms in total. The van der Waals surface area contributed by atoms with Crippen molar-refractivity contribution >= 4 is 33.3 Å². The molecule has 0 aromatic heterocycles. The Hall–Kier alpha value is -2.25. The molecule has 0 radical (unpaired) electrons. The number of methoxy groups -OCH3 is 1. The summed E-state index contributed by atoms with van der Waals surface area (Å²) in [7, 11) is -2.59. The number of anilines is 1. The number of nitrogens with zero attached hydrogens (tertiary/aromatic N) is 1. The molecule has 2 aromatic rings. The molecule has 0 fully saturated rings. The van der Waals surface area contributed by atoms with Gasteiger partial charge in [0.25, 0.3) is 10.0 Å². The number of aliphatic carboxylic acids is 1. The normalized spacial score (nSPS) is 11.1. The van der Waals surface area contributed by atoms with E-state index in [1.807, 2.05) is 0 Å². The van der Waals surface area contributed by atoms with E-state index in [4.69, 9.17) is 21.4 Å². The average Bonchev–Trinajstić information content (AvgIpc) is 2.52. The topological polar surface area (TPSA) is 83.9 Å². The summed E-state index contributed by atoms with van der Waals surface area (Å²) in [5, 5.41) is 9.41. The van der Waals surface area contributed by atoms with Crippen molar-refractivity contribution in [2.45, 2.75) is 11.8 Å². The van der Waals surface area contributed by atoms with E-state index >= 15 is 0 Å². The highest BCUT2D eigenvalue weighted by Gasteiger charge is 2.27. The van der Waals surface area contributed by atoms with E-state index in [1.54, 1.807) is 19.1 Å². The SMILES string of the molecule is COc1ccc(S(=O)(=O)N(CC(=O)O)c2cccc(Cl)c2)cc1C. The molecule has 0 aliphatic rings. The lowest BCUT2D eigenvalue weighted by atomic mass is 10.2. The lowest BCUT2D eigenvalue weighted by molar-refractivity contribution is -0.135. The smallest absolute Gasteiger partial charge is 0.324 e. The zero-order valence-electron chi connectivity index (χ0n) is 13.1. The third-order valence-electron chi connectivity index (χ3n) is 3.33. The molecule has 0 atom stereocenters. The minimum Gasteiger partial charge on any atom is -0.496 e. The molecule has 128 valence electrons. The van der Waals surface area contributed by atoms with Crippen LogP contribution in [0.4, 0.5) is 5.69 Å². The van der Waals surface area contributed by atoms with Gasteiger partial charge in [0.2, 0.25) is 0 Å². The van der Waals surface area contributed by atoms with Crippen molar-refractivity contribution < 1.29 is 23.1 Å². The highest BCUT2D eigenvalue weighted by molar-refractivity contribution is 7.92. The van der Waals surface area contributed by atoms with E-state index in [-0.39, 0.29) is 10.6 Å². The van der Waals surface area contributed by atoms with E-state index in [1.165, 1.54) is 37.4 Å². The number of carboxylic acid groups (broad SMARTS) is 1. The maximum atomic E-state index is 12.9. The van der Waals surface area contributed by atoms with Gasteiger partial charge >= 0.3 is 5.97 Å². The summed E-state index contributed by atoms with van der Waals surface area (Å²) in [4.78, 5) is 11.1. The number of aryl methyl sites for hydroxylation is 1. The molecule has 0 amide bonds. The van der Waals surface area contributed by atoms with Crippen LogP contribution in [0.2, 0.25) is 5.02 Å². The second-order valence-corrected chi connectivity index (χ2v) is 7.32. The zero-order chi connectivity index (χ0) is 17.9.